The van der Waals surface area contributed by atoms with Crippen molar-refractivity contribution in [2.45, 2.75) is 17.5 Å². The molecule has 4 aromatic rings. The highest BCUT2D eigenvalue weighted by Gasteiger charge is 2.55. The van der Waals surface area contributed by atoms with E-state index in [1.165, 1.54) is 39.3 Å². The van der Waals surface area contributed by atoms with Crippen LogP contribution in [0.25, 0.3) is 5.57 Å². The predicted molar refractivity (Wildman–Crippen MR) is 173 cm³/mol. The summed E-state index contributed by atoms with van der Waals surface area (Å²) in [7, 11) is 3.69. The second-order valence-electron chi connectivity index (χ2n) is 9.96. The monoisotopic (exact) mass is 662 g/mol. The van der Waals surface area contributed by atoms with Crippen LogP contribution in [0.1, 0.15) is 22.2 Å². The number of fused-ring (bicyclic) bond motifs is 1. The number of nitrogens with two attached hydrogens (primary N) is 1. The van der Waals surface area contributed by atoms with Gasteiger partial charge in [0.25, 0.3) is 17.7 Å². The van der Waals surface area contributed by atoms with E-state index in [0.29, 0.717) is 26.6 Å². The number of oxime groups is 1. The van der Waals surface area contributed by atoms with Crippen LogP contribution in [0.3, 0.4) is 0 Å². The van der Waals surface area contributed by atoms with Gasteiger partial charge in [-0.05, 0) is 11.1 Å². The Morgan fingerprint density at radius 1 is 1.11 bits per heavy atom. The zero-order chi connectivity index (χ0) is 31.5. The molecule has 3 N–H and O–H groups in total. The van der Waals surface area contributed by atoms with Crippen LogP contribution in [0.4, 0.5) is 10.3 Å². The molecule has 2 aromatic heterocycles. The molecule has 6 rings (SSSR count). The number of amides is 2. The number of carbonyl (C=O) groups excluding carboxylic acids is 3. The van der Waals surface area contributed by atoms with E-state index in [1.807, 2.05) is 79.7 Å². The van der Waals surface area contributed by atoms with Gasteiger partial charge in [-0.25, -0.2) is 4.79 Å². The normalized spacial score (nSPS) is 17.7. The van der Waals surface area contributed by atoms with Crippen molar-refractivity contribution in [3.8, 4) is 5.88 Å². The van der Waals surface area contributed by atoms with Crippen LogP contribution in [0, 0.1) is 0 Å². The van der Waals surface area contributed by atoms with E-state index in [9.17, 15) is 14.4 Å². The second-order valence-corrected chi connectivity index (χ2v) is 12.9. The lowest BCUT2D eigenvalue weighted by Gasteiger charge is -2.49. The number of nitrogens with zero attached hydrogens (tertiary/aromatic N) is 6. The maximum absolute atomic E-state index is 14.1. The largest absolute Gasteiger partial charge is 0.448 e. The Balaban J connectivity index is 1.27. The minimum atomic E-state index is -0.904. The number of β-lactam (4-membered cyclic amide) rings is 1. The molecule has 13 nitrogen and oxygen atoms in total. The first-order valence-electron chi connectivity index (χ1n) is 13.5. The molecule has 230 valence electrons. The molecule has 16 heteroatoms. The van der Waals surface area contributed by atoms with Crippen molar-refractivity contribution < 1.29 is 24.0 Å². The molecule has 2 aliphatic heterocycles. The summed E-state index contributed by atoms with van der Waals surface area (Å²) in [5.74, 6) is -1.33. The van der Waals surface area contributed by atoms with Crippen LogP contribution < -0.4 is 20.8 Å². The number of hydrogen-bond acceptors (Lipinski definition) is 14. The maximum Gasteiger partial charge on any atom is 0.356 e. The summed E-state index contributed by atoms with van der Waals surface area (Å²) < 4.78 is 6.19. The van der Waals surface area contributed by atoms with Gasteiger partial charge in [0.1, 0.15) is 28.3 Å². The number of carbonyl (C=O) groups is 3. The zero-order valence-corrected chi connectivity index (χ0v) is 26.3. The summed E-state index contributed by atoms with van der Waals surface area (Å²) >= 11 is 3.86. The Bertz CT molecular complexity index is 1740. The fraction of sp³-hybridized carbons (Fsp3) is 0.207. The van der Waals surface area contributed by atoms with Crippen molar-refractivity contribution >= 4 is 74.3 Å². The van der Waals surface area contributed by atoms with E-state index in [4.69, 9.17) is 15.3 Å². The van der Waals surface area contributed by atoms with E-state index in [-0.39, 0.29) is 11.6 Å². The van der Waals surface area contributed by atoms with Crippen molar-refractivity contribution in [1.82, 2.24) is 25.4 Å². The number of nitrogens with one attached hydrogen (secondary N) is 1. The number of ether oxygens (including phenoxy) is 1. The minimum Gasteiger partial charge on any atom is -0.448 e. The third-order valence-corrected chi connectivity index (χ3v) is 9.84. The lowest BCUT2D eigenvalue weighted by atomic mass is 10.0. The minimum absolute atomic E-state index is 0.0747. The molecule has 1 saturated heterocycles. The summed E-state index contributed by atoms with van der Waals surface area (Å²) in [6.45, 7) is 0. The van der Waals surface area contributed by atoms with Crippen molar-refractivity contribution in [3.05, 3.63) is 87.9 Å². The lowest BCUT2D eigenvalue weighted by Crippen LogP contribution is -2.70. The quantitative estimate of drug-likeness (QED) is 0.111. The second kappa shape index (κ2) is 13.1. The number of hydrogen-bond donors (Lipinski definition) is 2. The van der Waals surface area contributed by atoms with Gasteiger partial charge in [0, 0.05) is 25.4 Å². The van der Waals surface area contributed by atoms with Gasteiger partial charge in [0.2, 0.25) is 5.13 Å². The zero-order valence-electron chi connectivity index (χ0n) is 23.9. The highest BCUT2D eigenvalue weighted by molar-refractivity contribution is 8.00. The first-order valence-corrected chi connectivity index (χ1v) is 16.3. The molecule has 2 aliphatic rings. The summed E-state index contributed by atoms with van der Waals surface area (Å²) in [4.78, 5) is 52.4. The predicted octanol–water partition coefficient (Wildman–Crippen LogP) is 3.15. The number of thiazole rings is 1. The Hall–Kier alpha value is -4.80. The van der Waals surface area contributed by atoms with Crippen molar-refractivity contribution in [2.24, 2.45) is 5.16 Å². The SMILES string of the molecule is CN(C)c1nnc(C2=C(C(=O)OC(c3ccccc3)c3ccccc3)N3C(=O)C(NC(=O)/C=N/Oc4csc(N)n4)C3SC2)s1. The molecular weight excluding hydrogens is 637 g/mol. The van der Waals surface area contributed by atoms with Crippen molar-refractivity contribution in [3.63, 3.8) is 0 Å². The van der Waals surface area contributed by atoms with Crippen LogP contribution in [-0.2, 0) is 19.1 Å². The first kappa shape index (κ1) is 30.2. The van der Waals surface area contributed by atoms with Gasteiger partial charge in [-0.2, -0.15) is 4.98 Å². The Kier molecular flexibility index (Phi) is 8.77. The fourth-order valence-electron chi connectivity index (χ4n) is 4.67. The first-order chi connectivity index (χ1) is 21.8. The number of thioether (sulfide) groups is 1. The van der Waals surface area contributed by atoms with Crippen molar-refractivity contribution in [2.75, 3.05) is 30.5 Å². The van der Waals surface area contributed by atoms with Crippen LogP contribution in [0.5, 0.6) is 5.88 Å². The van der Waals surface area contributed by atoms with Crippen LogP contribution in [0.2, 0.25) is 0 Å². The molecule has 0 spiro atoms. The Morgan fingerprint density at radius 2 is 1.80 bits per heavy atom. The molecule has 0 aliphatic carbocycles. The van der Waals surface area contributed by atoms with E-state index >= 15 is 0 Å². The van der Waals surface area contributed by atoms with E-state index in [1.54, 1.807) is 5.38 Å². The smallest absolute Gasteiger partial charge is 0.356 e. The van der Waals surface area contributed by atoms with Gasteiger partial charge in [-0.3, -0.25) is 14.5 Å². The van der Waals surface area contributed by atoms with E-state index in [2.05, 4.69) is 25.7 Å². The molecule has 2 aromatic carbocycles. The van der Waals surface area contributed by atoms with E-state index < -0.39 is 35.3 Å². The molecule has 0 radical (unpaired) electrons. The van der Waals surface area contributed by atoms with Gasteiger partial charge in [0.05, 0.1) is 5.38 Å². The molecule has 2 atom stereocenters. The van der Waals surface area contributed by atoms with Crippen LogP contribution in [0.15, 0.2) is 76.9 Å². The van der Waals surface area contributed by atoms with Crippen LogP contribution >= 0.6 is 34.4 Å². The summed E-state index contributed by atoms with van der Waals surface area (Å²) in [6.07, 6.45) is 0.175. The van der Waals surface area contributed by atoms with E-state index in [0.717, 1.165) is 17.3 Å². The molecule has 0 bridgehead atoms. The highest BCUT2D eigenvalue weighted by Crippen LogP contribution is 2.45. The summed E-state index contributed by atoms with van der Waals surface area (Å²) in [5.41, 5.74) is 7.71. The number of anilines is 2. The average Bonchev–Trinajstić information content (AvgIpc) is 3.72. The molecule has 45 heavy (non-hydrogen) atoms. The summed E-state index contributed by atoms with van der Waals surface area (Å²) in [5, 5.41) is 17.2. The molecular formula is C29H26N8O5S3. The van der Waals surface area contributed by atoms with Gasteiger partial charge in [0.15, 0.2) is 11.2 Å². The topological polar surface area (TPSA) is 165 Å². The van der Waals surface area contributed by atoms with Gasteiger partial charge >= 0.3 is 5.97 Å². The molecule has 4 heterocycles. The van der Waals surface area contributed by atoms with Gasteiger partial charge in [-0.15, -0.1) is 33.3 Å². The van der Waals surface area contributed by atoms with Gasteiger partial charge < -0.3 is 25.5 Å². The molecule has 0 saturated carbocycles. The fourth-order valence-corrected chi connectivity index (χ4v) is 7.38. The van der Waals surface area contributed by atoms with Crippen molar-refractivity contribution in [1.29, 1.82) is 0 Å². The maximum atomic E-state index is 14.1. The number of esters is 1. The highest BCUT2D eigenvalue weighted by atomic mass is 32.2. The number of aromatic nitrogens is 3. The standard InChI is InChI=1S/C29H26N8O5S3/c1-36(2)29-35-34-24(45-29)18-14-43-26-21(32-19(38)13-31-42-20-15-44-28(30)33-20)25(39)37(26)22(18)27(40)41-23(16-9-5-3-6-10-16)17-11-7-4-8-12-17/h3-13,15,21,23,26H,14H2,1-2H3,(H2,30,33)(H,32,38)/b31-13+. The van der Waals surface area contributed by atoms with Gasteiger partial charge in [-0.1, -0.05) is 77.2 Å². The third kappa shape index (κ3) is 6.38. The van der Waals surface area contributed by atoms with Crippen LogP contribution in [-0.4, -0.2) is 75.3 Å². The lowest BCUT2D eigenvalue weighted by molar-refractivity contribution is -0.154. The summed E-state index contributed by atoms with van der Waals surface area (Å²) in [6, 6.07) is 17.8. The molecule has 1 fully saturated rings. The average molecular weight is 663 g/mol. The molecule has 2 amide bonds. The number of benzene rings is 2. The number of nitrogen functional groups attached to an aromatic ring is 1. The Labute approximate surface area is 269 Å². The molecule has 2 unspecified atom stereocenters. The Morgan fingerprint density at radius 3 is 2.40 bits per heavy atom. The third-order valence-electron chi connectivity index (χ3n) is 6.76. The number of rotatable bonds is 10.